The molecule has 0 aromatic carbocycles. The zero-order valence-corrected chi connectivity index (χ0v) is 39.4. The molecule has 0 bridgehead atoms. The first kappa shape index (κ1) is 59.2. The molecule has 2 heterocycles. The van der Waals surface area contributed by atoms with Crippen molar-refractivity contribution in [1.29, 1.82) is 0 Å². The number of carboxylic acids is 1. The number of rotatable bonds is 3. The Hall–Kier alpha value is -1.91. The SMILES string of the molecule is C[C@H]1[C@@H](O)[C@H](C)CCCCCCCCCCCCCC[C@H](O[C@@H]2O[C@H](C)[C@H](O)[C@H](N)[C@@H]2O)C[C@H](O)[C@H](C(=O)O)[C@H](O)CC(=O)C[C@H](O)[C@H](O)CC[C@H](O)C[C@H](O)C[C@H](O)CC(=O)O[C@@H]1C. The molecule has 0 amide bonds. The molecular formula is C47H87NO17. The number of hydrogen-bond donors (Lipinski definition) is 12. The molecule has 65 heavy (non-hydrogen) atoms. The number of carboxylic acid groups (broad SMARTS) is 1. The summed E-state index contributed by atoms with van der Waals surface area (Å²) < 4.78 is 17.3. The molecule has 2 fully saturated rings. The quantitative estimate of drug-likeness (QED) is 0.180. The molecule has 18 nitrogen and oxygen atoms in total. The van der Waals surface area contributed by atoms with Gasteiger partial charge in [0.2, 0.25) is 0 Å². The van der Waals surface area contributed by atoms with Crippen LogP contribution >= 0.6 is 0 Å². The molecule has 2 aliphatic heterocycles. The largest absolute Gasteiger partial charge is 0.481 e. The van der Waals surface area contributed by atoms with Gasteiger partial charge >= 0.3 is 11.9 Å². The summed E-state index contributed by atoms with van der Waals surface area (Å²) in [6.07, 6.45) is -7.08. The minimum absolute atomic E-state index is 0.00382. The predicted octanol–water partition coefficient (Wildman–Crippen LogP) is 2.12. The number of nitrogens with two attached hydrogens (primary N) is 1. The number of carbonyl (C=O) groups is 3. The fraction of sp³-hybridized carbons (Fsp3) is 0.936. The lowest BCUT2D eigenvalue weighted by Crippen LogP contribution is -2.61. The molecule has 2 aliphatic rings. The van der Waals surface area contributed by atoms with Gasteiger partial charge < -0.3 is 76.1 Å². The van der Waals surface area contributed by atoms with E-state index in [4.69, 9.17) is 19.9 Å². The highest BCUT2D eigenvalue weighted by molar-refractivity contribution is 5.81. The highest BCUT2D eigenvalue weighted by atomic mass is 16.7. The van der Waals surface area contributed by atoms with Gasteiger partial charge in [0.05, 0.1) is 79.6 Å². The van der Waals surface area contributed by atoms with Crippen LogP contribution in [0.4, 0.5) is 0 Å². The van der Waals surface area contributed by atoms with Crippen LogP contribution in [0.15, 0.2) is 0 Å². The first-order valence-electron chi connectivity index (χ1n) is 24.4. The predicted molar refractivity (Wildman–Crippen MR) is 239 cm³/mol. The van der Waals surface area contributed by atoms with Crippen LogP contribution in [0.2, 0.25) is 0 Å². The van der Waals surface area contributed by atoms with Crippen molar-refractivity contribution in [2.24, 2.45) is 23.5 Å². The number of aliphatic hydroxyl groups is 10. The van der Waals surface area contributed by atoms with Crippen LogP contribution in [0.25, 0.3) is 0 Å². The maximum absolute atomic E-state index is 12.9. The summed E-state index contributed by atoms with van der Waals surface area (Å²) in [5.41, 5.74) is 6.00. The van der Waals surface area contributed by atoms with Gasteiger partial charge in [-0.1, -0.05) is 90.9 Å². The molecule has 0 saturated carbocycles. The van der Waals surface area contributed by atoms with Gasteiger partial charge in [0, 0.05) is 25.2 Å². The molecule has 2 saturated heterocycles. The van der Waals surface area contributed by atoms with Crippen LogP contribution in [0.1, 0.15) is 169 Å². The van der Waals surface area contributed by atoms with Crippen molar-refractivity contribution in [2.75, 3.05) is 0 Å². The number of aliphatic hydroxyl groups excluding tert-OH is 10. The monoisotopic (exact) mass is 938 g/mol. The summed E-state index contributed by atoms with van der Waals surface area (Å²) in [6.45, 7) is 7.06. The number of cyclic esters (lactones) is 1. The number of carbonyl (C=O) groups excluding carboxylic acids is 2. The zero-order valence-electron chi connectivity index (χ0n) is 39.4. The van der Waals surface area contributed by atoms with E-state index in [1.165, 1.54) is 0 Å². The van der Waals surface area contributed by atoms with E-state index in [2.05, 4.69) is 0 Å². The third-order valence-electron chi connectivity index (χ3n) is 13.6. The molecule has 18 atom stereocenters. The topological polar surface area (TPSA) is 327 Å². The Labute approximate surface area is 385 Å². The number of hydrogen-bond acceptors (Lipinski definition) is 17. The highest BCUT2D eigenvalue weighted by Crippen LogP contribution is 2.28. The lowest BCUT2D eigenvalue weighted by molar-refractivity contribution is -0.283. The second kappa shape index (κ2) is 31.3. The van der Waals surface area contributed by atoms with E-state index in [9.17, 15) is 70.6 Å². The highest BCUT2D eigenvalue weighted by Gasteiger charge is 2.43. The summed E-state index contributed by atoms with van der Waals surface area (Å²) in [4.78, 5) is 37.9. The smallest absolute Gasteiger partial charge is 0.311 e. The van der Waals surface area contributed by atoms with Gasteiger partial charge in [-0.05, 0) is 58.3 Å². The fourth-order valence-electron chi connectivity index (χ4n) is 9.04. The number of aliphatic carboxylic acids is 1. The molecule has 18 heteroatoms. The third kappa shape index (κ3) is 22.4. The van der Waals surface area contributed by atoms with Crippen molar-refractivity contribution in [3.8, 4) is 0 Å². The van der Waals surface area contributed by atoms with Gasteiger partial charge in [-0.25, -0.2) is 0 Å². The molecule has 0 aromatic rings. The Kier molecular flexibility index (Phi) is 28.5. The number of ketones is 1. The molecule has 0 spiro atoms. The minimum Gasteiger partial charge on any atom is -0.481 e. The van der Waals surface area contributed by atoms with Gasteiger partial charge in [0.25, 0.3) is 0 Å². The van der Waals surface area contributed by atoms with Gasteiger partial charge in [0.15, 0.2) is 6.29 Å². The minimum atomic E-state index is -1.89. The molecule has 0 unspecified atom stereocenters. The van der Waals surface area contributed by atoms with Crippen LogP contribution < -0.4 is 5.73 Å². The standard InChI is InChI=1S/C47H87NO17/c1-27-17-15-13-11-9-7-5-6-8-10-12-14-16-18-35(65-47-45(60)42(48)44(59)30(4)64-47)26-39(56)41(46(61)62)38(55)24-34(52)23-37(54)36(53)20-19-31(49)21-32(50)22-33(51)25-40(57)63-29(3)28(2)43(27)58/h27-33,35-39,41-45,47,49-51,53-56,58-60H,5-26,48H2,1-4H3,(H,61,62)/t27-,28-,29-,30-,31+,32+,33+,35+,36-,37+,38-,39+,41-,42+,43+,44+,45+,47+/m1/s1. The molecule has 2 rings (SSSR count). The van der Waals surface area contributed by atoms with E-state index in [0.717, 1.165) is 77.0 Å². The van der Waals surface area contributed by atoms with E-state index < -0.39 is 135 Å². The second-order valence-electron chi connectivity index (χ2n) is 19.4. The average molecular weight is 938 g/mol. The molecule has 13 N–H and O–H groups in total. The van der Waals surface area contributed by atoms with Crippen molar-refractivity contribution in [3.05, 3.63) is 0 Å². The number of Topliss-reactive ketones (excluding diaryl/α,β-unsaturated/α-hetero) is 1. The molecule has 0 radical (unpaired) electrons. The van der Waals surface area contributed by atoms with E-state index in [1.54, 1.807) is 13.8 Å². The van der Waals surface area contributed by atoms with Crippen LogP contribution in [-0.2, 0) is 28.6 Å². The summed E-state index contributed by atoms with van der Waals surface area (Å²) in [7, 11) is 0. The van der Waals surface area contributed by atoms with Gasteiger partial charge in [0.1, 0.15) is 23.9 Å². The van der Waals surface area contributed by atoms with Crippen molar-refractivity contribution >= 4 is 17.7 Å². The molecule has 0 aromatic heterocycles. The Balaban J connectivity index is 2.11. The van der Waals surface area contributed by atoms with E-state index in [0.29, 0.717) is 12.8 Å². The maximum Gasteiger partial charge on any atom is 0.311 e. The van der Waals surface area contributed by atoms with E-state index in [-0.39, 0.29) is 43.9 Å². The van der Waals surface area contributed by atoms with Crippen LogP contribution in [0.3, 0.4) is 0 Å². The Morgan fingerprint density at radius 1 is 0.554 bits per heavy atom. The first-order chi connectivity index (χ1) is 30.6. The third-order valence-corrected chi connectivity index (χ3v) is 13.6. The first-order valence-corrected chi connectivity index (χ1v) is 24.4. The van der Waals surface area contributed by atoms with E-state index in [1.807, 2.05) is 13.8 Å². The van der Waals surface area contributed by atoms with E-state index >= 15 is 0 Å². The van der Waals surface area contributed by atoms with Crippen molar-refractivity contribution < 1.29 is 84.8 Å². The van der Waals surface area contributed by atoms with Gasteiger partial charge in [-0.2, -0.15) is 0 Å². The van der Waals surface area contributed by atoms with Crippen molar-refractivity contribution in [1.82, 2.24) is 0 Å². The van der Waals surface area contributed by atoms with Crippen LogP contribution in [0.5, 0.6) is 0 Å². The summed E-state index contributed by atoms with van der Waals surface area (Å²) in [6, 6.07) is -1.09. The van der Waals surface area contributed by atoms with Crippen molar-refractivity contribution in [2.45, 2.75) is 261 Å². The summed E-state index contributed by atoms with van der Waals surface area (Å²) in [5, 5.41) is 117. The Morgan fingerprint density at radius 2 is 1.08 bits per heavy atom. The molecule has 382 valence electrons. The molecule has 0 aliphatic carbocycles. The lowest BCUT2D eigenvalue weighted by atomic mass is 9.86. The normalized spacial score (nSPS) is 41.0. The fourth-order valence-corrected chi connectivity index (χ4v) is 9.04. The lowest BCUT2D eigenvalue weighted by Gasteiger charge is -2.41. The van der Waals surface area contributed by atoms with Crippen LogP contribution in [0, 0.1) is 17.8 Å². The van der Waals surface area contributed by atoms with Crippen molar-refractivity contribution in [3.63, 3.8) is 0 Å². The average Bonchev–Trinajstić information content (AvgIpc) is 3.22. The summed E-state index contributed by atoms with van der Waals surface area (Å²) >= 11 is 0. The second-order valence-corrected chi connectivity index (χ2v) is 19.4. The summed E-state index contributed by atoms with van der Waals surface area (Å²) in [5.74, 6) is -5.29. The number of esters is 1. The Morgan fingerprint density at radius 3 is 1.65 bits per heavy atom. The maximum atomic E-state index is 12.9. The number of ether oxygens (including phenoxy) is 3. The van der Waals surface area contributed by atoms with Gasteiger partial charge in [-0.3, -0.25) is 14.4 Å². The molecular weight excluding hydrogens is 851 g/mol. The Bertz CT molecular complexity index is 1330. The van der Waals surface area contributed by atoms with Gasteiger partial charge in [-0.15, -0.1) is 0 Å². The zero-order chi connectivity index (χ0) is 48.8. The van der Waals surface area contributed by atoms with Crippen LogP contribution in [-0.4, -0.2) is 166 Å².